The van der Waals surface area contributed by atoms with Gasteiger partial charge in [0.25, 0.3) is 0 Å². The number of hydrogen-bond donors (Lipinski definition) is 0. The maximum Gasteiger partial charge on any atom is 0.141 e. The summed E-state index contributed by atoms with van der Waals surface area (Å²) in [5.74, 6) is -0.248. The summed E-state index contributed by atoms with van der Waals surface area (Å²) >= 11 is 5.65. The fourth-order valence-corrected chi connectivity index (χ4v) is 2.09. The first-order chi connectivity index (χ1) is 6.68. The highest BCUT2D eigenvalue weighted by molar-refractivity contribution is 6.30. The van der Waals surface area contributed by atoms with Crippen molar-refractivity contribution in [1.82, 2.24) is 0 Å². The number of halogens is 2. The molecule has 0 saturated heterocycles. The highest BCUT2D eigenvalue weighted by Crippen LogP contribution is 2.32. The lowest BCUT2D eigenvalue weighted by atomic mass is 9.97. The second-order valence-corrected chi connectivity index (χ2v) is 3.99. The van der Waals surface area contributed by atoms with Crippen LogP contribution >= 0.6 is 11.6 Å². The van der Waals surface area contributed by atoms with Crippen molar-refractivity contribution >= 4 is 17.4 Å². The van der Waals surface area contributed by atoms with E-state index < -0.39 is 5.82 Å². The van der Waals surface area contributed by atoms with Gasteiger partial charge in [-0.15, -0.1) is 0 Å². The van der Waals surface area contributed by atoms with E-state index in [1.807, 2.05) is 0 Å². The van der Waals surface area contributed by atoms with E-state index in [4.69, 9.17) is 11.6 Å². The fraction of sp³-hybridized carbons (Fsp3) is 0.364. The molecule has 1 aliphatic rings. The maximum absolute atomic E-state index is 12.9. The van der Waals surface area contributed by atoms with Crippen molar-refractivity contribution < 1.29 is 9.18 Å². The standard InChI is InChI=1S/C11H10ClFO/c12-9-6-7(4-5-10(9)13)8-2-1-3-11(8)14/h4-6,8H,1-3H2. The summed E-state index contributed by atoms with van der Waals surface area (Å²) in [7, 11) is 0. The van der Waals surface area contributed by atoms with Gasteiger partial charge >= 0.3 is 0 Å². The first-order valence-electron chi connectivity index (χ1n) is 4.66. The molecule has 0 amide bonds. The van der Waals surface area contributed by atoms with Gasteiger partial charge in [-0.1, -0.05) is 17.7 Å². The zero-order valence-corrected chi connectivity index (χ0v) is 8.35. The van der Waals surface area contributed by atoms with Gasteiger partial charge in [0.15, 0.2) is 0 Å². The SMILES string of the molecule is O=C1CCCC1c1ccc(F)c(Cl)c1. The number of rotatable bonds is 1. The Morgan fingerprint density at radius 2 is 2.21 bits per heavy atom. The van der Waals surface area contributed by atoms with Crippen LogP contribution in [0.15, 0.2) is 18.2 Å². The van der Waals surface area contributed by atoms with Crippen molar-refractivity contribution in [2.75, 3.05) is 0 Å². The molecule has 74 valence electrons. The van der Waals surface area contributed by atoms with E-state index in [9.17, 15) is 9.18 Å². The van der Waals surface area contributed by atoms with E-state index in [-0.39, 0.29) is 16.7 Å². The summed E-state index contributed by atoms with van der Waals surface area (Å²) in [4.78, 5) is 11.4. The molecule has 2 rings (SSSR count). The Hall–Kier alpha value is -0.890. The Morgan fingerprint density at radius 1 is 1.43 bits per heavy atom. The maximum atomic E-state index is 12.9. The average Bonchev–Trinajstić information content (AvgIpc) is 2.57. The molecule has 0 aliphatic heterocycles. The molecule has 1 atom stereocenters. The van der Waals surface area contributed by atoms with E-state index in [1.54, 1.807) is 12.1 Å². The lowest BCUT2D eigenvalue weighted by Crippen LogP contribution is -2.04. The minimum absolute atomic E-state index is 0.0619. The lowest BCUT2D eigenvalue weighted by molar-refractivity contribution is -0.118. The van der Waals surface area contributed by atoms with Gasteiger partial charge in [-0.25, -0.2) is 4.39 Å². The molecule has 0 bridgehead atoms. The van der Waals surface area contributed by atoms with E-state index in [2.05, 4.69) is 0 Å². The van der Waals surface area contributed by atoms with Crippen molar-refractivity contribution in [2.45, 2.75) is 25.2 Å². The molecule has 3 heteroatoms. The number of ketones is 1. The van der Waals surface area contributed by atoms with Gasteiger partial charge in [-0.05, 0) is 30.5 Å². The molecule has 0 heterocycles. The predicted molar refractivity (Wildman–Crippen MR) is 53.0 cm³/mol. The van der Waals surface area contributed by atoms with Crippen molar-refractivity contribution in [3.05, 3.63) is 34.6 Å². The zero-order valence-electron chi connectivity index (χ0n) is 7.59. The minimum atomic E-state index is -0.430. The van der Waals surface area contributed by atoms with Crippen LogP contribution in [0.1, 0.15) is 30.7 Å². The quantitative estimate of drug-likeness (QED) is 0.698. The van der Waals surface area contributed by atoms with Gasteiger partial charge in [-0.2, -0.15) is 0 Å². The third-order valence-electron chi connectivity index (χ3n) is 2.65. The first kappa shape index (κ1) is 9.66. The zero-order chi connectivity index (χ0) is 10.1. The summed E-state index contributed by atoms with van der Waals surface area (Å²) in [6.45, 7) is 0. The van der Waals surface area contributed by atoms with Crippen LogP contribution in [0.4, 0.5) is 4.39 Å². The summed E-state index contributed by atoms with van der Waals surface area (Å²) in [6.07, 6.45) is 2.43. The van der Waals surface area contributed by atoms with Gasteiger partial charge in [0.1, 0.15) is 11.6 Å². The molecule has 1 aliphatic carbocycles. The Balaban J connectivity index is 2.32. The second kappa shape index (κ2) is 3.70. The monoisotopic (exact) mass is 212 g/mol. The Bertz CT molecular complexity index is 376. The third kappa shape index (κ3) is 1.67. The molecule has 1 nitrogen and oxygen atoms in total. The van der Waals surface area contributed by atoms with Gasteiger partial charge in [0.2, 0.25) is 0 Å². The van der Waals surface area contributed by atoms with Crippen LogP contribution in [0.2, 0.25) is 5.02 Å². The van der Waals surface area contributed by atoms with Gasteiger partial charge in [0.05, 0.1) is 5.02 Å². The van der Waals surface area contributed by atoms with Crippen LogP contribution < -0.4 is 0 Å². The van der Waals surface area contributed by atoms with Crippen LogP contribution in [0, 0.1) is 5.82 Å². The molecular weight excluding hydrogens is 203 g/mol. The van der Waals surface area contributed by atoms with Crippen molar-refractivity contribution in [2.24, 2.45) is 0 Å². The molecule has 0 N–H and O–H groups in total. The normalized spacial score (nSPS) is 21.6. The second-order valence-electron chi connectivity index (χ2n) is 3.58. The Kier molecular flexibility index (Phi) is 2.55. The van der Waals surface area contributed by atoms with Gasteiger partial charge in [-0.3, -0.25) is 4.79 Å². The summed E-state index contributed by atoms with van der Waals surface area (Å²) in [5, 5.41) is 0.0993. The van der Waals surface area contributed by atoms with Gasteiger partial charge in [0, 0.05) is 12.3 Å². The Labute approximate surface area is 86.9 Å². The van der Waals surface area contributed by atoms with Crippen molar-refractivity contribution in [1.29, 1.82) is 0 Å². The molecule has 0 spiro atoms. The largest absolute Gasteiger partial charge is 0.299 e. The number of Topliss-reactive ketones (excluding diaryl/α,β-unsaturated/α-hetero) is 1. The van der Waals surface area contributed by atoms with Crippen LogP contribution in [0.25, 0.3) is 0 Å². The molecule has 14 heavy (non-hydrogen) atoms. The molecule has 1 aromatic rings. The number of carbonyl (C=O) groups is 1. The molecule has 1 unspecified atom stereocenters. The summed E-state index contributed by atoms with van der Waals surface area (Å²) < 4.78 is 12.9. The van der Waals surface area contributed by atoms with Crippen LogP contribution in [0.5, 0.6) is 0 Å². The molecular formula is C11H10ClFO. The van der Waals surface area contributed by atoms with Crippen LogP contribution in [0.3, 0.4) is 0 Å². The molecule has 0 aromatic heterocycles. The number of carbonyl (C=O) groups excluding carboxylic acids is 1. The lowest BCUT2D eigenvalue weighted by Gasteiger charge is -2.08. The van der Waals surface area contributed by atoms with E-state index in [1.165, 1.54) is 6.07 Å². The molecule has 1 saturated carbocycles. The van der Waals surface area contributed by atoms with Crippen LogP contribution in [-0.4, -0.2) is 5.78 Å². The highest BCUT2D eigenvalue weighted by atomic mass is 35.5. The van der Waals surface area contributed by atoms with Crippen molar-refractivity contribution in [3.8, 4) is 0 Å². The van der Waals surface area contributed by atoms with E-state index >= 15 is 0 Å². The smallest absolute Gasteiger partial charge is 0.141 e. The minimum Gasteiger partial charge on any atom is -0.299 e. The molecule has 0 radical (unpaired) electrons. The third-order valence-corrected chi connectivity index (χ3v) is 2.94. The predicted octanol–water partition coefficient (Wildman–Crippen LogP) is 3.32. The van der Waals surface area contributed by atoms with Crippen molar-refractivity contribution in [3.63, 3.8) is 0 Å². The molecule has 1 aromatic carbocycles. The summed E-state index contributed by atoms with van der Waals surface area (Å²) in [5.41, 5.74) is 0.846. The van der Waals surface area contributed by atoms with Gasteiger partial charge < -0.3 is 0 Å². The van der Waals surface area contributed by atoms with E-state index in [0.717, 1.165) is 18.4 Å². The topological polar surface area (TPSA) is 17.1 Å². The summed E-state index contributed by atoms with van der Waals surface area (Å²) in [6, 6.07) is 4.53. The average molecular weight is 213 g/mol. The first-order valence-corrected chi connectivity index (χ1v) is 5.04. The van der Waals surface area contributed by atoms with E-state index in [0.29, 0.717) is 6.42 Å². The van der Waals surface area contributed by atoms with Crippen LogP contribution in [-0.2, 0) is 4.79 Å². The fourth-order valence-electron chi connectivity index (χ4n) is 1.90. The molecule has 1 fully saturated rings. The highest BCUT2D eigenvalue weighted by Gasteiger charge is 2.26. The Morgan fingerprint density at radius 3 is 2.79 bits per heavy atom. The number of benzene rings is 1. The number of hydrogen-bond acceptors (Lipinski definition) is 1.